The molecule has 0 fully saturated rings. The maximum absolute atomic E-state index is 12.1. The van der Waals surface area contributed by atoms with E-state index in [4.69, 9.17) is 0 Å². The van der Waals surface area contributed by atoms with Gasteiger partial charge < -0.3 is 0 Å². The van der Waals surface area contributed by atoms with Crippen LogP contribution in [0.2, 0.25) is 0 Å². The van der Waals surface area contributed by atoms with E-state index in [9.17, 15) is 8.42 Å². The van der Waals surface area contributed by atoms with Crippen LogP contribution in [0.25, 0.3) is 0 Å². The molecule has 4 heteroatoms. The fourth-order valence-electron chi connectivity index (χ4n) is 1.49. The van der Waals surface area contributed by atoms with Gasteiger partial charge in [-0.05, 0) is 30.7 Å². The van der Waals surface area contributed by atoms with Crippen molar-refractivity contribution in [1.29, 1.82) is 0 Å². The molecule has 0 saturated heterocycles. The Balaban J connectivity index is 2.41. The smallest absolute Gasteiger partial charge is 0.199 e. The van der Waals surface area contributed by atoms with Crippen LogP contribution in [0.1, 0.15) is 5.56 Å². The summed E-state index contributed by atoms with van der Waals surface area (Å²) >= 11 is 0. The van der Waals surface area contributed by atoms with Crippen molar-refractivity contribution >= 4 is 15.7 Å². The molecule has 3 nitrogen and oxygen atoms in total. The number of nitrogens with zero attached hydrogens (tertiary/aromatic N) is 1. The van der Waals surface area contributed by atoms with Crippen LogP contribution in [-0.2, 0) is 10.0 Å². The molecule has 0 heterocycles. The number of aryl methyl sites for hydroxylation is 1. The minimum absolute atomic E-state index is 0.191. The highest BCUT2D eigenvalue weighted by Crippen LogP contribution is 2.16. The van der Waals surface area contributed by atoms with Crippen LogP contribution in [0.15, 0.2) is 70.0 Å². The van der Waals surface area contributed by atoms with Gasteiger partial charge in [0.25, 0.3) is 10.0 Å². The monoisotopic (exact) mass is 259 g/mol. The lowest BCUT2D eigenvalue weighted by molar-refractivity contribution is 0.598. The van der Waals surface area contributed by atoms with Crippen molar-refractivity contribution < 1.29 is 8.42 Å². The molecule has 0 atom stereocenters. The molecule has 1 aliphatic carbocycles. The Kier molecular flexibility index (Phi) is 3.30. The standard InChI is InChI=1S/C14H13NO2S/c1-11-7-9-13(10-8-11)18(16,17)15-14-6-4-3-5-12(14)2/h3-10H,2H2,1H3/b15-14+. The van der Waals surface area contributed by atoms with Crippen LogP contribution in [0, 0.1) is 6.92 Å². The second-order valence-corrected chi connectivity index (χ2v) is 5.61. The SMILES string of the molecule is C=C1C=CC=C/C1=N\S(=O)(=O)c1ccc(C)cc1. The number of benzene rings is 1. The minimum Gasteiger partial charge on any atom is -0.199 e. The van der Waals surface area contributed by atoms with Crippen LogP contribution >= 0.6 is 0 Å². The third kappa shape index (κ3) is 2.65. The Morgan fingerprint density at radius 1 is 1.06 bits per heavy atom. The molecule has 2 rings (SSSR count). The van der Waals surface area contributed by atoms with Gasteiger partial charge in [-0.25, -0.2) is 0 Å². The normalized spacial score (nSPS) is 17.4. The summed E-state index contributed by atoms with van der Waals surface area (Å²) in [4.78, 5) is 0.191. The first-order valence-electron chi connectivity index (χ1n) is 5.45. The van der Waals surface area contributed by atoms with Gasteiger partial charge in [-0.2, -0.15) is 12.8 Å². The molecule has 0 aliphatic heterocycles. The fourth-order valence-corrected chi connectivity index (χ4v) is 2.51. The minimum atomic E-state index is -3.67. The first-order valence-corrected chi connectivity index (χ1v) is 6.89. The summed E-state index contributed by atoms with van der Waals surface area (Å²) in [7, 11) is -3.67. The van der Waals surface area contributed by atoms with Gasteiger partial charge in [0.2, 0.25) is 0 Å². The number of allylic oxidation sites excluding steroid dienone is 5. The molecule has 0 unspecified atom stereocenters. The number of rotatable bonds is 2. The number of sulfonamides is 1. The quantitative estimate of drug-likeness (QED) is 0.820. The van der Waals surface area contributed by atoms with Crippen molar-refractivity contribution in [2.45, 2.75) is 11.8 Å². The molecule has 0 saturated carbocycles. The van der Waals surface area contributed by atoms with E-state index in [-0.39, 0.29) is 4.90 Å². The highest BCUT2D eigenvalue weighted by molar-refractivity contribution is 7.90. The first kappa shape index (κ1) is 12.5. The van der Waals surface area contributed by atoms with Gasteiger partial charge in [-0.3, -0.25) is 0 Å². The Hall–Kier alpha value is -1.94. The van der Waals surface area contributed by atoms with E-state index in [1.165, 1.54) is 0 Å². The molecule has 0 radical (unpaired) electrons. The van der Waals surface area contributed by atoms with Gasteiger partial charge in [0.05, 0.1) is 10.6 Å². The molecule has 0 amide bonds. The predicted octanol–water partition coefficient (Wildman–Crippen LogP) is 2.81. The van der Waals surface area contributed by atoms with Crippen molar-refractivity contribution in [3.8, 4) is 0 Å². The third-order valence-corrected chi connectivity index (χ3v) is 3.83. The van der Waals surface area contributed by atoms with Crippen molar-refractivity contribution in [3.05, 3.63) is 66.3 Å². The second kappa shape index (κ2) is 4.74. The summed E-state index contributed by atoms with van der Waals surface area (Å²) in [6.45, 7) is 5.66. The average molecular weight is 259 g/mol. The summed E-state index contributed by atoms with van der Waals surface area (Å²) in [6, 6.07) is 6.61. The van der Waals surface area contributed by atoms with E-state index in [0.717, 1.165) is 5.56 Å². The van der Waals surface area contributed by atoms with Gasteiger partial charge in [0.1, 0.15) is 0 Å². The van der Waals surface area contributed by atoms with Crippen molar-refractivity contribution in [2.75, 3.05) is 0 Å². The molecule has 0 N–H and O–H groups in total. The van der Waals surface area contributed by atoms with Gasteiger partial charge in [0.15, 0.2) is 0 Å². The maximum Gasteiger partial charge on any atom is 0.282 e. The molecule has 0 spiro atoms. The summed E-state index contributed by atoms with van der Waals surface area (Å²) in [5.41, 5.74) is 1.97. The Bertz CT molecular complexity index is 662. The zero-order valence-electron chi connectivity index (χ0n) is 10.00. The van der Waals surface area contributed by atoms with E-state index in [1.807, 2.05) is 6.92 Å². The lowest BCUT2D eigenvalue weighted by Gasteiger charge is -2.05. The summed E-state index contributed by atoms with van der Waals surface area (Å²) in [5.74, 6) is 0. The largest absolute Gasteiger partial charge is 0.282 e. The topological polar surface area (TPSA) is 46.5 Å². The molecule has 1 aromatic carbocycles. The summed E-state index contributed by atoms with van der Waals surface area (Å²) in [6.07, 6.45) is 6.88. The Morgan fingerprint density at radius 3 is 2.28 bits per heavy atom. The molecule has 0 aromatic heterocycles. The van der Waals surface area contributed by atoms with Gasteiger partial charge in [-0.1, -0.05) is 42.5 Å². The highest BCUT2D eigenvalue weighted by Gasteiger charge is 2.14. The lowest BCUT2D eigenvalue weighted by Crippen LogP contribution is -2.05. The number of hydrogen-bond donors (Lipinski definition) is 0. The lowest BCUT2D eigenvalue weighted by atomic mass is 10.1. The van der Waals surface area contributed by atoms with E-state index in [0.29, 0.717) is 11.3 Å². The zero-order valence-corrected chi connectivity index (χ0v) is 10.8. The van der Waals surface area contributed by atoms with Crippen LogP contribution in [0.4, 0.5) is 0 Å². The van der Waals surface area contributed by atoms with Gasteiger partial charge in [0, 0.05) is 0 Å². The molecule has 0 bridgehead atoms. The fraction of sp³-hybridized carbons (Fsp3) is 0.0714. The number of hydrogen-bond acceptors (Lipinski definition) is 2. The van der Waals surface area contributed by atoms with E-state index >= 15 is 0 Å². The Labute approximate surface area is 107 Å². The van der Waals surface area contributed by atoms with Crippen molar-refractivity contribution in [1.82, 2.24) is 0 Å². The third-order valence-electron chi connectivity index (χ3n) is 2.53. The van der Waals surface area contributed by atoms with E-state index in [2.05, 4.69) is 11.0 Å². The molecule has 1 aromatic rings. The first-order chi connectivity index (χ1) is 8.49. The molecular weight excluding hydrogens is 246 g/mol. The van der Waals surface area contributed by atoms with Crippen molar-refractivity contribution in [3.63, 3.8) is 0 Å². The van der Waals surface area contributed by atoms with Crippen LogP contribution in [0.3, 0.4) is 0 Å². The summed E-state index contributed by atoms with van der Waals surface area (Å²) in [5, 5.41) is 0. The zero-order chi connectivity index (χ0) is 13.2. The molecular formula is C14H13NO2S. The highest BCUT2D eigenvalue weighted by atomic mass is 32.2. The van der Waals surface area contributed by atoms with Crippen LogP contribution < -0.4 is 0 Å². The molecule has 1 aliphatic rings. The predicted molar refractivity (Wildman–Crippen MR) is 73.2 cm³/mol. The van der Waals surface area contributed by atoms with Gasteiger partial charge >= 0.3 is 0 Å². The Morgan fingerprint density at radius 2 is 1.67 bits per heavy atom. The summed E-state index contributed by atoms with van der Waals surface area (Å²) < 4.78 is 27.9. The van der Waals surface area contributed by atoms with Crippen LogP contribution in [-0.4, -0.2) is 14.1 Å². The van der Waals surface area contributed by atoms with Gasteiger partial charge in [-0.15, -0.1) is 0 Å². The van der Waals surface area contributed by atoms with E-state index < -0.39 is 10.0 Å². The van der Waals surface area contributed by atoms with Crippen LogP contribution in [0.5, 0.6) is 0 Å². The molecule has 92 valence electrons. The maximum atomic E-state index is 12.1. The average Bonchev–Trinajstić information content (AvgIpc) is 2.32. The van der Waals surface area contributed by atoms with E-state index in [1.54, 1.807) is 48.6 Å². The second-order valence-electron chi connectivity index (χ2n) is 4.01. The van der Waals surface area contributed by atoms with Crippen molar-refractivity contribution in [2.24, 2.45) is 4.40 Å². The molecule has 18 heavy (non-hydrogen) atoms.